The van der Waals surface area contributed by atoms with E-state index in [0.29, 0.717) is 13.2 Å². The van der Waals surface area contributed by atoms with Gasteiger partial charge in [-0.05, 0) is 37.0 Å². The van der Waals surface area contributed by atoms with E-state index in [1.54, 1.807) is 12.1 Å². The quantitative estimate of drug-likeness (QED) is 0.601. The molecule has 32 heavy (non-hydrogen) atoms. The first-order valence-electron chi connectivity index (χ1n) is 11.6. The van der Waals surface area contributed by atoms with Crippen LogP contribution < -0.4 is 10.6 Å². The van der Waals surface area contributed by atoms with Crippen LogP contribution in [-0.2, 0) is 19.6 Å². The summed E-state index contributed by atoms with van der Waals surface area (Å²) in [7, 11) is -3.71. The predicted molar refractivity (Wildman–Crippen MR) is 122 cm³/mol. The summed E-state index contributed by atoms with van der Waals surface area (Å²) in [6.07, 6.45) is 6.53. The first-order valence-corrected chi connectivity index (χ1v) is 13.0. The van der Waals surface area contributed by atoms with E-state index in [1.807, 2.05) is 13.8 Å². The maximum absolute atomic E-state index is 12.9. The van der Waals surface area contributed by atoms with E-state index in [2.05, 4.69) is 10.6 Å². The van der Waals surface area contributed by atoms with E-state index >= 15 is 0 Å². The fraction of sp³-hybridized carbons (Fsp3) is 0.652. The number of carbonyl (C=O) groups is 2. The molecule has 2 fully saturated rings. The summed E-state index contributed by atoms with van der Waals surface area (Å²) in [5.74, 6) is -0.749. The maximum atomic E-state index is 12.9. The summed E-state index contributed by atoms with van der Waals surface area (Å²) < 4.78 is 32.4. The SMILES string of the molecule is CC(C)C(NC(=O)c1cccc(S(=O)(=O)N2CCOCC2)c1)C(=O)NC1CCCCCC1. The monoisotopic (exact) mass is 465 g/mol. The van der Waals surface area contributed by atoms with Crippen molar-refractivity contribution in [3.05, 3.63) is 29.8 Å². The first kappa shape index (κ1) is 24.7. The predicted octanol–water partition coefficient (Wildman–Crippen LogP) is 2.30. The second kappa shape index (κ2) is 11.2. The van der Waals surface area contributed by atoms with Crippen molar-refractivity contribution in [1.82, 2.24) is 14.9 Å². The Balaban J connectivity index is 1.70. The molecular weight excluding hydrogens is 430 g/mol. The van der Waals surface area contributed by atoms with Gasteiger partial charge < -0.3 is 15.4 Å². The number of rotatable bonds is 7. The van der Waals surface area contributed by atoms with Crippen LogP contribution in [0.3, 0.4) is 0 Å². The average Bonchev–Trinajstić information content (AvgIpc) is 3.06. The zero-order valence-corrected chi connectivity index (χ0v) is 19.8. The van der Waals surface area contributed by atoms with Crippen molar-refractivity contribution in [2.24, 2.45) is 5.92 Å². The first-order chi connectivity index (χ1) is 15.3. The summed E-state index contributed by atoms with van der Waals surface area (Å²) in [6.45, 7) is 5.05. The molecule has 8 nitrogen and oxygen atoms in total. The largest absolute Gasteiger partial charge is 0.379 e. The van der Waals surface area contributed by atoms with E-state index in [9.17, 15) is 18.0 Å². The second-order valence-corrected chi connectivity index (χ2v) is 10.9. The van der Waals surface area contributed by atoms with Crippen LogP contribution in [0.5, 0.6) is 0 Å². The van der Waals surface area contributed by atoms with Gasteiger partial charge in [-0.2, -0.15) is 4.31 Å². The molecule has 2 aliphatic rings. The van der Waals surface area contributed by atoms with Gasteiger partial charge in [-0.25, -0.2) is 8.42 Å². The fourth-order valence-electron chi connectivity index (χ4n) is 4.21. The maximum Gasteiger partial charge on any atom is 0.251 e. The molecule has 3 rings (SSSR count). The third-order valence-corrected chi connectivity index (χ3v) is 8.04. The van der Waals surface area contributed by atoms with Crippen molar-refractivity contribution >= 4 is 21.8 Å². The molecule has 1 aromatic carbocycles. The third kappa shape index (κ3) is 6.30. The Morgan fingerprint density at radius 3 is 2.34 bits per heavy atom. The molecule has 1 heterocycles. The topological polar surface area (TPSA) is 105 Å². The minimum atomic E-state index is -3.71. The standard InChI is InChI=1S/C23H35N3O5S/c1-17(2)21(23(28)24-19-9-5-3-4-6-10-19)25-22(27)18-8-7-11-20(16-18)32(29,30)26-12-14-31-15-13-26/h7-8,11,16-17,19,21H,3-6,9-10,12-15H2,1-2H3,(H,24,28)(H,25,27). The highest BCUT2D eigenvalue weighted by Gasteiger charge is 2.29. The number of nitrogens with zero attached hydrogens (tertiary/aromatic N) is 1. The third-order valence-electron chi connectivity index (χ3n) is 6.14. The van der Waals surface area contributed by atoms with Gasteiger partial charge in [0.25, 0.3) is 5.91 Å². The van der Waals surface area contributed by atoms with Gasteiger partial charge in [0.1, 0.15) is 6.04 Å². The smallest absolute Gasteiger partial charge is 0.251 e. The van der Waals surface area contributed by atoms with Crippen molar-refractivity contribution < 1.29 is 22.7 Å². The molecule has 0 spiro atoms. The Morgan fingerprint density at radius 1 is 1.06 bits per heavy atom. The lowest BCUT2D eigenvalue weighted by molar-refractivity contribution is -0.124. The summed E-state index contributed by atoms with van der Waals surface area (Å²) in [4.78, 5) is 25.9. The summed E-state index contributed by atoms with van der Waals surface area (Å²) in [5, 5.41) is 5.92. The Labute approximate surface area is 191 Å². The summed E-state index contributed by atoms with van der Waals surface area (Å²) in [5.41, 5.74) is 0.215. The number of amides is 2. The van der Waals surface area contributed by atoms with Gasteiger partial charge in [-0.15, -0.1) is 0 Å². The molecule has 2 amide bonds. The van der Waals surface area contributed by atoms with Gasteiger partial charge in [0, 0.05) is 24.7 Å². The number of morpholine rings is 1. The number of hydrogen-bond acceptors (Lipinski definition) is 5. The van der Waals surface area contributed by atoms with Crippen LogP contribution in [0.1, 0.15) is 62.7 Å². The molecule has 1 unspecified atom stereocenters. The number of nitrogens with one attached hydrogen (secondary N) is 2. The molecule has 1 atom stereocenters. The second-order valence-electron chi connectivity index (χ2n) is 8.94. The lowest BCUT2D eigenvalue weighted by atomic mass is 10.0. The summed E-state index contributed by atoms with van der Waals surface area (Å²) in [6, 6.07) is 5.43. The zero-order chi connectivity index (χ0) is 23.1. The van der Waals surface area contributed by atoms with E-state index in [0.717, 1.165) is 25.7 Å². The Hall–Kier alpha value is -1.97. The van der Waals surface area contributed by atoms with Crippen LogP contribution in [0, 0.1) is 5.92 Å². The van der Waals surface area contributed by atoms with Crippen molar-refractivity contribution in [3.8, 4) is 0 Å². The van der Waals surface area contributed by atoms with E-state index < -0.39 is 22.0 Å². The summed E-state index contributed by atoms with van der Waals surface area (Å²) >= 11 is 0. The molecule has 1 aliphatic heterocycles. The molecule has 1 saturated carbocycles. The number of benzene rings is 1. The number of ether oxygens (including phenoxy) is 1. The Bertz CT molecular complexity index is 889. The molecule has 1 saturated heterocycles. The van der Waals surface area contributed by atoms with Crippen molar-refractivity contribution in [1.29, 1.82) is 0 Å². The Kier molecular flexibility index (Phi) is 8.67. The zero-order valence-electron chi connectivity index (χ0n) is 19.0. The van der Waals surface area contributed by atoms with Crippen molar-refractivity contribution in [3.63, 3.8) is 0 Å². The van der Waals surface area contributed by atoms with Crippen LogP contribution >= 0.6 is 0 Å². The van der Waals surface area contributed by atoms with Crippen molar-refractivity contribution in [2.45, 2.75) is 69.4 Å². The highest BCUT2D eigenvalue weighted by molar-refractivity contribution is 7.89. The van der Waals surface area contributed by atoms with Gasteiger partial charge in [-0.3, -0.25) is 9.59 Å². The molecule has 0 radical (unpaired) electrons. The van der Waals surface area contributed by atoms with Gasteiger partial charge in [0.2, 0.25) is 15.9 Å². The van der Waals surface area contributed by atoms with Gasteiger partial charge in [-0.1, -0.05) is 45.6 Å². The molecule has 1 aliphatic carbocycles. The van der Waals surface area contributed by atoms with E-state index in [-0.39, 0.29) is 41.4 Å². The highest BCUT2D eigenvalue weighted by Crippen LogP contribution is 2.20. The van der Waals surface area contributed by atoms with Crippen LogP contribution in [-0.4, -0.2) is 62.9 Å². The lowest BCUT2D eigenvalue weighted by Crippen LogP contribution is -2.52. The molecule has 0 bridgehead atoms. The molecule has 178 valence electrons. The minimum Gasteiger partial charge on any atom is -0.379 e. The van der Waals surface area contributed by atoms with Crippen molar-refractivity contribution in [2.75, 3.05) is 26.3 Å². The van der Waals surface area contributed by atoms with Gasteiger partial charge >= 0.3 is 0 Å². The number of sulfonamides is 1. The normalized spacial score (nSPS) is 19.8. The minimum absolute atomic E-state index is 0.0658. The van der Waals surface area contributed by atoms with Gasteiger partial charge in [0.05, 0.1) is 18.1 Å². The van der Waals surface area contributed by atoms with E-state index in [4.69, 9.17) is 4.74 Å². The number of carbonyl (C=O) groups excluding carboxylic acids is 2. The molecule has 9 heteroatoms. The van der Waals surface area contributed by atoms with E-state index in [1.165, 1.54) is 29.3 Å². The molecule has 1 aromatic rings. The molecule has 0 aromatic heterocycles. The molecule has 2 N–H and O–H groups in total. The van der Waals surface area contributed by atoms with Crippen LogP contribution in [0.25, 0.3) is 0 Å². The highest BCUT2D eigenvalue weighted by atomic mass is 32.2. The van der Waals surface area contributed by atoms with Crippen LogP contribution in [0.2, 0.25) is 0 Å². The number of hydrogen-bond donors (Lipinski definition) is 2. The fourth-order valence-corrected chi connectivity index (χ4v) is 5.66. The van der Waals surface area contributed by atoms with Crippen LogP contribution in [0.15, 0.2) is 29.2 Å². The Morgan fingerprint density at radius 2 is 1.72 bits per heavy atom. The lowest BCUT2D eigenvalue weighted by Gasteiger charge is -2.26. The average molecular weight is 466 g/mol. The van der Waals surface area contributed by atoms with Gasteiger partial charge in [0.15, 0.2) is 0 Å². The van der Waals surface area contributed by atoms with Crippen LogP contribution in [0.4, 0.5) is 0 Å². The molecular formula is C23H35N3O5S.